The Hall–Kier alpha value is -0.120. The molecule has 0 aliphatic heterocycles. The van der Waals surface area contributed by atoms with Gasteiger partial charge in [0, 0.05) is 18.6 Å². The Kier molecular flexibility index (Phi) is 2.82. The molecule has 2 aliphatic rings. The first-order valence-corrected chi connectivity index (χ1v) is 5.82. The molecule has 2 saturated carbocycles. The normalized spacial score (nSPS) is 25.1. The van der Waals surface area contributed by atoms with Gasteiger partial charge in [-0.2, -0.15) is 0 Å². The van der Waals surface area contributed by atoms with E-state index in [0.29, 0.717) is 6.54 Å². The molecule has 0 bridgehead atoms. The Balaban J connectivity index is 1.96. The number of nitrogens with one attached hydrogen (secondary N) is 1. The van der Waals surface area contributed by atoms with Crippen LogP contribution in [-0.4, -0.2) is 29.8 Å². The van der Waals surface area contributed by atoms with E-state index in [9.17, 15) is 5.11 Å². The maximum Gasteiger partial charge on any atom is 0.0636 e. The molecule has 82 valence electrons. The van der Waals surface area contributed by atoms with Crippen molar-refractivity contribution >= 4 is 0 Å². The fourth-order valence-electron chi connectivity index (χ4n) is 2.56. The van der Waals surface area contributed by atoms with Crippen LogP contribution in [0.15, 0.2) is 0 Å². The van der Waals surface area contributed by atoms with Gasteiger partial charge < -0.3 is 16.2 Å². The second-order valence-corrected chi connectivity index (χ2v) is 5.02. The van der Waals surface area contributed by atoms with E-state index in [4.69, 9.17) is 5.73 Å². The smallest absolute Gasteiger partial charge is 0.0636 e. The SMILES string of the molecule is CC(O)CNC(CN)(C1CC1)C1CC1. The Labute approximate surface area is 86.1 Å². The second-order valence-electron chi connectivity index (χ2n) is 5.02. The van der Waals surface area contributed by atoms with Gasteiger partial charge in [-0.3, -0.25) is 0 Å². The average molecular weight is 198 g/mol. The maximum absolute atomic E-state index is 9.31. The minimum Gasteiger partial charge on any atom is -0.392 e. The third kappa shape index (κ3) is 1.95. The fraction of sp³-hybridized carbons (Fsp3) is 1.00. The molecule has 0 amide bonds. The van der Waals surface area contributed by atoms with Crippen LogP contribution in [0.3, 0.4) is 0 Å². The average Bonchev–Trinajstić information content (AvgIpc) is 3.00. The number of nitrogens with two attached hydrogens (primary N) is 1. The molecule has 0 heterocycles. The zero-order valence-corrected chi connectivity index (χ0v) is 9.00. The highest BCUT2D eigenvalue weighted by atomic mass is 16.3. The van der Waals surface area contributed by atoms with Gasteiger partial charge in [0.25, 0.3) is 0 Å². The van der Waals surface area contributed by atoms with Crippen molar-refractivity contribution in [3.05, 3.63) is 0 Å². The van der Waals surface area contributed by atoms with Crippen LogP contribution in [0.5, 0.6) is 0 Å². The van der Waals surface area contributed by atoms with Crippen molar-refractivity contribution in [3.8, 4) is 0 Å². The molecule has 4 N–H and O–H groups in total. The Morgan fingerprint density at radius 2 is 1.86 bits per heavy atom. The third-order valence-electron chi connectivity index (χ3n) is 3.68. The van der Waals surface area contributed by atoms with Crippen molar-refractivity contribution in [2.24, 2.45) is 17.6 Å². The van der Waals surface area contributed by atoms with E-state index in [1.54, 1.807) is 0 Å². The molecule has 0 saturated heterocycles. The molecule has 2 fully saturated rings. The molecule has 14 heavy (non-hydrogen) atoms. The van der Waals surface area contributed by atoms with E-state index in [2.05, 4.69) is 5.32 Å². The summed E-state index contributed by atoms with van der Waals surface area (Å²) in [5.74, 6) is 1.55. The summed E-state index contributed by atoms with van der Waals surface area (Å²) in [4.78, 5) is 0. The highest BCUT2D eigenvalue weighted by molar-refractivity contribution is 5.10. The largest absolute Gasteiger partial charge is 0.392 e. The summed E-state index contributed by atoms with van der Waals surface area (Å²) >= 11 is 0. The van der Waals surface area contributed by atoms with Crippen molar-refractivity contribution < 1.29 is 5.11 Å². The minimum atomic E-state index is -0.265. The lowest BCUT2D eigenvalue weighted by atomic mass is 9.87. The molecule has 1 unspecified atom stereocenters. The number of aliphatic hydroxyl groups is 1. The molecule has 2 rings (SSSR count). The van der Waals surface area contributed by atoms with E-state index in [0.717, 1.165) is 18.4 Å². The molecule has 0 spiro atoms. The summed E-state index contributed by atoms with van der Waals surface area (Å²) in [5, 5.41) is 12.8. The van der Waals surface area contributed by atoms with Gasteiger partial charge in [0.15, 0.2) is 0 Å². The molecule has 0 radical (unpaired) electrons. The summed E-state index contributed by atoms with van der Waals surface area (Å²) < 4.78 is 0. The van der Waals surface area contributed by atoms with Gasteiger partial charge in [-0.05, 0) is 44.4 Å². The van der Waals surface area contributed by atoms with Crippen molar-refractivity contribution in [1.82, 2.24) is 5.32 Å². The van der Waals surface area contributed by atoms with E-state index in [1.165, 1.54) is 25.7 Å². The predicted molar refractivity (Wildman–Crippen MR) is 56.9 cm³/mol. The second kappa shape index (κ2) is 3.80. The molecule has 0 aromatic rings. The maximum atomic E-state index is 9.31. The zero-order chi connectivity index (χ0) is 10.2. The molecule has 3 nitrogen and oxygen atoms in total. The van der Waals surface area contributed by atoms with Crippen LogP contribution in [-0.2, 0) is 0 Å². The van der Waals surface area contributed by atoms with E-state index >= 15 is 0 Å². The molecule has 2 aliphatic carbocycles. The summed E-state index contributed by atoms with van der Waals surface area (Å²) in [6.45, 7) is 3.24. The number of aliphatic hydroxyl groups excluding tert-OH is 1. The number of hydrogen-bond acceptors (Lipinski definition) is 3. The lowest BCUT2D eigenvalue weighted by Crippen LogP contribution is -2.56. The summed E-state index contributed by atoms with van der Waals surface area (Å²) in [7, 11) is 0. The lowest BCUT2D eigenvalue weighted by Gasteiger charge is -2.35. The molecule has 0 aromatic heterocycles. The van der Waals surface area contributed by atoms with Gasteiger partial charge in [0.05, 0.1) is 6.10 Å². The van der Waals surface area contributed by atoms with Crippen molar-refractivity contribution in [2.75, 3.05) is 13.1 Å². The third-order valence-corrected chi connectivity index (χ3v) is 3.68. The van der Waals surface area contributed by atoms with Crippen LogP contribution >= 0.6 is 0 Å². The van der Waals surface area contributed by atoms with Gasteiger partial charge in [0.1, 0.15) is 0 Å². The summed E-state index contributed by atoms with van der Waals surface area (Å²) in [6.07, 6.45) is 5.01. The van der Waals surface area contributed by atoms with Gasteiger partial charge in [-0.25, -0.2) is 0 Å². The predicted octanol–water partition coefficient (Wildman–Crippen LogP) is 0.474. The van der Waals surface area contributed by atoms with Gasteiger partial charge in [0.2, 0.25) is 0 Å². The van der Waals surface area contributed by atoms with Crippen LogP contribution in [0, 0.1) is 11.8 Å². The summed E-state index contributed by atoms with van der Waals surface area (Å²) in [6, 6.07) is 0. The lowest BCUT2D eigenvalue weighted by molar-refractivity contribution is 0.155. The number of hydrogen-bond donors (Lipinski definition) is 3. The molecule has 0 aromatic carbocycles. The minimum absolute atomic E-state index is 0.164. The van der Waals surface area contributed by atoms with E-state index in [-0.39, 0.29) is 11.6 Å². The summed E-state index contributed by atoms with van der Waals surface area (Å²) in [5.41, 5.74) is 6.10. The molecule has 3 heteroatoms. The van der Waals surface area contributed by atoms with Crippen LogP contribution in [0.4, 0.5) is 0 Å². The van der Waals surface area contributed by atoms with E-state index in [1.807, 2.05) is 6.92 Å². The highest BCUT2D eigenvalue weighted by Gasteiger charge is 2.52. The number of rotatable bonds is 6. The molecular formula is C11H22N2O. The molecular weight excluding hydrogens is 176 g/mol. The van der Waals surface area contributed by atoms with Crippen LogP contribution in [0.25, 0.3) is 0 Å². The highest BCUT2D eigenvalue weighted by Crippen LogP contribution is 2.51. The fourth-order valence-corrected chi connectivity index (χ4v) is 2.56. The van der Waals surface area contributed by atoms with Gasteiger partial charge >= 0.3 is 0 Å². The Bertz CT molecular complexity index is 185. The quantitative estimate of drug-likeness (QED) is 0.581. The number of β-amino-alcohol motifs (C(OH)–C–C–N with tert-alkyl or cyclic N) is 1. The zero-order valence-electron chi connectivity index (χ0n) is 9.00. The van der Waals surface area contributed by atoms with Crippen LogP contribution in [0.2, 0.25) is 0 Å². The van der Waals surface area contributed by atoms with Crippen LogP contribution < -0.4 is 11.1 Å². The van der Waals surface area contributed by atoms with Crippen LogP contribution in [0.1, 0.15) is 32.6 Å². The first-order valence-electron chi connectivity index (χ1n) is 5.82. The Morgan fingerprint density at radius 3 is 2.14 bits per heavy atom. The standard InChI is InChI=1S/C11H22N2O/c1-8(14)6-13-11(7-12,9-2-3-9)10-4-5-10/h8-10,13-14H,2-7,12H2,1H3. The van der Waals surface area contributed by atoms with Gasteiger partial charge in [-0.1, -0.05) is 0 Å². The van der Waals surface area contributed by atoms with Crippen molar-refractivity contribution in [2.45, 2.75) is 44.2 Å². The topological polar surface area (TPSA) is 58.3 Å². The van der Waals surface area contributed by atoms with Gasteiger partial charge in [-0.15, -0.1) is 0 Å². The monoisotopic (exact) mass is 198 g/mol. The first kappa shape index (κ1) is 10.4. The van der Waals surface area contributed by atoms with Crippen molar-refractivity contribution in [3.63, 3.8) is 0 Å². The Morgan fingerprint density at radius 1 is 1.36 bits per heavy atom. The first-order chi connectivity index (χ1) is 6.69. The molecule has 1 atom stereocenters. The van der Waals surface area contributed by atoms with E-state index < -0.39 is 0 Å². The van der Waals surface area contributed by atoms with Crippen molar-refractivity contribution in [1.29, 1.82) is 0 Å².